The Balaban J connectivity index is 2.28. The quantitative estimate of drug-likeness (QED) is 0.533. The minimum Gasteiger partial charge on any atom is -0.316 e. The van der Waals surface area contributed by atoms with Gasteiger partial charge in [-0.25, -0.2) is 0 Å². The van der Waals surface area contributed by atoms with E-state index in [1.165, 1.54) is 11.0 Å². The fraction of sp³-hybridized carbons (Fsp3) is 1.00. The molecule has 0 heterocycles. The molecule has 3 heteroatoms. The van der Waals surface area contributed by atoms with Crippen LogP contribution in [0.15, 0.2) is 0 Å². The van der Waals surface area contributed by atoms with Crippen molar-refractivity contribution in [1.29, 1.82) is 0 Å². The molecule has 0 unspecified atom stereocenters. The summed E-state index contributed by atoms with van der Waals surface area (Å²) in [4.78, 5) is -0.0262. The molecule has 0 atom stereocenters. The highest BCUT2D eigenvalue weighted by Crippen LogP contribution is 2.44. The van der Waals surface area contributed by atoms with Crippen molar-refractivity contribution >= 4 is 21.7 Å². The minimum absolute atomic E-state index is 0.0262. The van der Waals surface area contributed by atoms with Gasteiger partial charge in [-0.3, -0.25) is 0 Å². The highest BCUT2D eigenvalue weighted by molar-refractivity contribution is 8.22. The largest absolute Gasteiger partial charge is 0.316 e. The summed E-state index contributed by atoms with van der Waals surface area (Å²) in [6, 6.07) is 0. The third kappa shape index (κ3) is 0.806. The molecule has 0 amide bonds. The summed E-state index contributed by atoms with van der Waals surface area (Å²) in [5.41, 5.74) is 5.48. The first-order valence-corrected chi connectivity index (χ1v) is 3.50. The number of halogens is 1. The van der Waals surface area contributed by atoms with Crippen LogP contribution in [0.1, 0.15) is 12.8 Å². The molecular formula is C3H6ClNS. The first kappa shape index (κ1) is 4.75. The molecule has 36 valence electrons. The van der Waals surface area contributed by atoms with E-state index in [2.05, 4.69) is 0 Å². The van der Waals surface area contributed by atoms with Gasteiger partial charge in [0, 0.05) is 0 Å². The SMILES string of the molecule is NC1(SCl)CC1. The molecule has 1 fully saturated rings. The first-order valence-electron chi connectivity index (χ1n) is 1.85. The Morgan fingerprint density at radius 1 is 1.67 bits per heavy atom. The molecular weight excluding hydrogens is 118 g/mol. The van der Waals surface area contributed by atoms with E-state index in [4.69, 9.17) is 16.4 Å². The molecule has 6 heavy (non-hydrogen) atoms. The Bertz CT molecular complexity index is 61.8. The molecule has 0 saturated heterocycles. The Morgan fingerprint density at radius 3 is 2.17 bits per heavy atom. The van der Waals surface area contributed by atoms with Crippen molar-refractivity contribution in [1.82, 2.24) is 0 Å². The van der Waals surface area contributed by atoms with Crippen molar-refractivity contribution in [3.63, 3.8) is 0 Å². The van der Waals surface area contributed by atoms with Crippen molar-refractivity contribution in [3.8, 4) is 0 Å². The van der Waals surface area contributed by atoms with Crippen LogP contribution in [0.25, 0.3) is 0 Å². The second-order valence-electron chi connectivity index (χ2n) is 1.64. The molecule has 0 aromatic heterocycles. The van der Waals surface area contributed by atoms with Gasteiger partial charge in [0.25, 0.3) is 0 Å². The molecule has 1 saturated carbocycles. The van der Waals surface area contributed by atoms with Gasteiger partial charge in [0.2, 0.25) is 0 Å². The molecule has 0 aliphatic heterocycles. The zero-order valence-corrected chi connectivity index (χ0v) is 4.85. The third-order valence-electron chi connectivity index (χ3n) is 0.896. The Labute approximate surface area is 45.7 Å². The van der Waals surface area contributed by atoms with E-state index >= 15 is 0 Å². The van der Waals surface area contributed by atoms with Crippen LogP contribution in [-0.2, 0) is 0 Å². The van der Waals surface area contributed by atoms with Gasteiger partial charge in [-0.1, -0.05) is 0 Å². The Hall–Kier alpha value is 0.600. The van der Waals surface area contributed by atoms with Crippen molar-refractivity contribution in [2.24, 2.45) is 5.73 Å². The van der Waals surface area contributed by atoms with Crippen molar-refractivity contribution in [2.45, 2.75) is 17.7 Å². The number of nitrogens with two attached hydrogens (primary N) is 1. The van der Waals surface area contributed by atoms with E-state index in [9.17, 15) is 0 Å². The van der Waals surface area contributed by atoms with Crippen molar-refractivity contribution in [2.75, 3.05) is 0 Å². The average molecular weight is 124 g/mol. The molecule has 1 aliphatic rings. The van der Waals surface area contributed by atoms with Crippen LogP contribution in [0, 0.1) is 0 Å². The van der Waals surface area contributed by atoms with Crippen molar-refractivity contribution in [3.05, 3.63) is 0 Å². The van der Waals surface area contributed by atoms with Gasteiger partial charge < -0.3 is 5.73 Å². The summed E-state index contributed by atoms with van der Waals surface area (Å²) in [7, 11) is 6.57. The minimum atomic E-state index is -0.0262. The van der Waals surface area contributed by atoms with Crippen LogP contribution < -0.4 is 5.73 Å². The van der Waals surface area contributed by atoms with Crippen LogP contribution in [0.4, 0.5) is 0 Å². The molecule has 2 N–H and O–H groups in total. The summed E-state index contributed by atoms with van der Waals surface area (Å²) in [5.74, 6) is 0. The van der Waals surface area contributed by atoms with Crippen LogP contribution in [-0.4, -0.2) is 4.87 Å². The fourth-order valence-corrected chi connectivity index (χ4v) is 0.920. The lowest BCUT2D eigenvalue weighted by atomic mass is 10.8. The topological polar surface area (TPSA) is 26.0 Å². The zero-order chi connectivity index (χ0) is 4.62. The molecule has 0 radical (unpaired) electrons. The van der Waals surface area contributed by atoms with Crippen LogP contribution >= 0.6 is 21.7 Å². The van der Waals surface area contributed by atoms with Crippen LogP contribution in [0.3, 0.4) is 0 Å². The van der Waals surface area contributed by atoms with Gasteiger partial charge in [-0.2, -0.15) is 0 Å². The van der Waals surface area contributed by atoms with E-state index < -0.39 is 0 Å². The maximum Gasteiger partial charge on any atom is 0.0774 e. The molecule has 1 aliphatic carbocycles. The van der Waals surface area contributed by atoms with Gasteiger partial charge in [-0.15, -0.1) is 0 Å². The summed E-state index contributed by atoms with van der Waals surface area (Å²) in [5, 5.41) is 0. The van der Waals surface area contributed by atoms with E-state index in [0.717, 1.165) is 12.8 Å². The molecule has 1 rings (SSSR count). The maximum atomic E-state index is 5.48. The second-order valence-corrected chi connectivity index (χ2v) is 3.07. The molecule has 0 spiro atoms. The van der Waals surface area contributed by atoms with Gasteiger partial charge in [0.05, 0.1) is 4.87 Å². The number of hydrogen-bond acceptors (Lipinski definition) is 2. The highest BCUT2D eigenvalue weighted by atomic mass is 35.7. The zero-order valence-electron chi connectivity index (χ0n) is 3.28. The molecule has 0 aromatic rings. The molecule has 0 bridgehead atoms. The summed E-state index contributed by atoms with van der Waals surface area (Å²) in [6.45, 7) is 0. The lowest BCUT2D eigenvalue weighted by molar-refractivity contribution is 0.992. The molecule has 1 nitrogen and oxygen atoms in total. The van der Waals surface area contributed by atoms with Gasteiger partial charge in [-0.05, 0) is 34.5 Å². The van der Waals surface area contributed by atoms with E-state index in [-0.39, 0.29) is 4.87 Å². The van der Waals surface area contributed by atoms with E-state index in [1.807, 2.05) is 0 Å². The van der Waals surface area contributed by atoms with E-state index in [0.29, 0.717) is 0 Å². The van der Waals surface area contributed by atoms with Gasteiger partial charge in [0.15, 0.2) is 0 Å². The summed E-state index contributed by atoms with van der Waals surface area (Å²) in [6.07, 6.45) is 2.17. The number of hydrogen-bond donors (Lipinski definition) is 1. The van der Waals surface area contributed by atoms with Crippen LogP contribution in [0.5, 0.6) is 0 Å². The predicted octanol–water partition coefficient (Wildman–Crippen LogP) is 1.32. The van der Waals surface area contributed by atoms with Crippen molar-refractivity contribution < 1.29 is 0 Å². The van der Waals surface area contributed by atoms with Gasteiger partial charge in [0.1, 0.15) is 0 Å². The third-order valence-corrected chi connectivity index (χ3v) is 2.53. The Kier molecular flexibility index (Phi) is 1.02. The Morgan fingerprint density at radius 2 is 2.17 bits per heavy atom. The lowest BCUT2D eigenvalue weighted by Crippen LogP contribution is -2.13. The number of rotatable bonds is 1. The maximum absolute atomic E-state index is 5.48. The average Bonchev–Trinajstić information content (AvgIpc) is 2.22. The summed E-state index contributed by atoms with van der Waals surface area (Å²) >= 11 is 0. The lowest BCUT2D eigenvalue weighted by Gasteiger charge is -1.94. The monoisotopic (exact) mass is 123 g/mol. The predicted molar refractivity (Wildman–Crippen MR) is 29.6 cm³/mol. The normalized spacial score (nSPS) is 27.0. The fourth-order valence-electron chi connectivity index (χ4n) is 0.200. The second kappa shape index (κ2) is 1.29. The van der Waals surface area contributed by atoms with E-state index in [1.54, 1.807) is 0 Å². The van der Waals surface area contributed by atoms with Crippen LogP contribution in [0.2, 0.25) is 0 Å². The highest BCUT2D eigenvalue weighted by Gasteiger charge is 2.38. The standard InChI is InChI=1S/C3H6ClNS/c4-6-3(5)1-2-3/h1-2,5H2. The molecule has 0 aromatic carbocycles. The van der Waals surface area contributed by atoms with Gasteiger partial charge >= 0.3 is 0 Å². The summed E-state index contributed by atoms with van der Waals surface area (Å²) < 4.78 is 0. The smallest absolute Gasteiger partial charge is 0.0774 e. The first-order chi connectivity index (χ1) is 2.77.